The highest BCUT2D eigenvalue weighted by molar-refractivity contribution is 7.86. The summed E-state index contributed by atoms with van der Waals surface area (Å²) >= 11 is 0. The fourth-order valence-corrected chi connectivity index (χ4v) is 5.89. The molecule has 2 fully saturated rings. The second kappa shape index (κ2) is 11.3. The number of aryl methyl sites for hydroxylation is 1. The number of nitrogens with one attached hydrogen (secondary N) is 1. The summed E-state index contributed by atoms with van der Waals surface area (Å²) in [7, 11) is -3.53. The van der Waals surface area contributed by atoms with Gasteiger partial charge in [-0.25, -0.2) is 0 Å². The number of hydrogen-bond acceptors (Lipinski definition) is 5. The van der Waals surface area contributed by atoms with Gasteiger partial charge in [0.25, 0.3) is 10.2 Å². The zero-order chi connectivity index (χ0) is 22.3. The number of rotatable bonds is 9. The topological polar surface area (TPSA) is 82.2 Å². The highest BCUT2D eigenvalue weighted by atomic mass is 32.2. The van der Waals surface area contributed by atoms with Crippen molar-refractivity contribution in [1.82, 2.24) is 13.9 Å². The van der Waals surface area contributed by atoms with Gasteiger partial charge >= 0.3 is 0 Å². The summed E-state index contributed by atoms with van der Waals surface area (Å²) < 4.78 is 34.0. The molecule has 0 saturated carbocycles. The van der Waals surface area contributed by atoms with Crippen LogP contribution in [0.15, 0.2) is 24.3 Å². The molecule has 174 valence electrons. The summed E-state index contributed by atoms with van der Waals surface area (Å²) in [5.41, 5.74) is 2.43. The molecule has 1 unspecified atom stereocenters. The summed E-state index contributed by atoms with van der Waals surface area (Å²) in [5.74, 6) is -0.330. The van der Waals surface area contributed by atoms with Gasteiger partial charge in [-0.1, -0.05) is 12.1 Å². The first-order valence-electron chi connectivity index (χ1n) is 11.3. The maximum Gasteiger partial charge on any atom is 0.282 e. The smallest absolute Gasteiger partial charge is 0.282 e. The third kappa shape index (κ3) is 6.41. The van der Waals surface area contributed by atoms with E-state index in [4.69, 9.17) is 4.74 Å². The molecule has 1 atom stereocenters. The second-order valence-electron chi connectivity index (χ2n) is 8.28. The lowest BCUT2D eigenvalue weighted by atomic mass is 9.99. The predicted molar refractivity (Wildman–Crippen MR) is 122 cm³/mol. The monoisotopic (exact) mass is 452 g/mol. The van der Waals surface area contributed by atoms with E-state index in [2.05, 4.69) is 48.3 Å². The standard InChI is InChI=1S/C22H36N4O4S/c1-3-24(21-9-4-7-19(2)17-21)11-6-10-23-22(27)20-8-5-12-26(18-20)31(28,29)25-13-15-30-16-14-25/h4,7,9,17,20H,3,5-6,8,10-16,18H2,1-2H3,(H,23,27). The maximum absolute atomic E-state index is 12.9. The molecule has 2 heterocycles. The SMILES string of the molecule is CCN(CCCNC(=O)C1CCCN(S(=O)(=O)N2CCOCC2)C1)c1cccc(C)c1. The fraction of sp³-hybridized carbons (Fsp3) is 0.682. The van der Waals surface area contributed by atoms with Gasteiger partial charge in [-0.3, -0.25) is 4.79 Å². The van der Waals surface area contributed by atoms with Crippen molar-refractivity contribution in [3.05, 3.63) is 29.8 Å². The molecule has 9 heteroatoms. The van der Waals surface area contributed by atoms with Crippen LogP contribution in [0.3, 0.4) is 0 Å². The van der Waals surface area contributed by atoms with Gasteiger partial charge in [-0.15, -0.1) is 0 Å². The van der Waals surface area contributed by atoms with Crippen molar-refractivity contribution in [3.8, 4) is 0 Å². The lowest BCUT2D eigenvalue weighted by Gasteiger charge is -2.36. The van der Waals surface area contributed by atoms with Gasteiger partial charge < -0.3 is 15.0 Å². The number of benzene rings is 1. The van der Waals surface area contributed by atoms with Crippen LogP contribution < -0.4 is 10.2 Å². The Balaban J connectivity index is 1.45. The lowest BCUT2D eigenvalue weighted by Crippen LogP contribution is -2.53. The van der Waals surface area contributed by atoms with Gasteiger partial charge in [0.15, 0.2) is 0 Å². The van der Waals surface area contributed by atoms with Gasteiger partial charge in [-0.05, 0) is 50.8 Å². The number of nitrogens with zero attached hydrogens (tertiary/aromatic N) is 3. The first-order valence-corrected chi connectivity index (χ1v) is 12.7. The van der Waals surface area contributed by atoms with Crippen LogP contribution in [0.4, 0.5) is 5.69 Å². The van der Waals surface area contributed by atoms with Crippen molar-refractivity contribution in [3.63, 3.8) is 0 Å². The average Bonchev–Trinajstić information content (AvgIpc) is 2.79. The predicted octanol–water partition coefficient (Wildman–Crippen LogP) is 1.62. The largest absolute Gasteiger partial charge is 0.379 e. The molecule has 0 radical (unpaired) electrons. The summed E-state index contributed by atoms with van der Waals surface area (Å²) in [5, 5.41) is 3.03. The van der Waals surface area contributed by atoms with Crippen LogP contribution in [0, 0.1) is 12.8 Å². The molecule has 0 bridgehead atoms. The summed E-state index contributed by atoms with van der Waals surface area (Å²) in [6.07, 6.45) is 2.28. The molecule has 0 aliphatic carbocycles. The van der Waals surface area contributed by atoms with Crippen molar-refractivity contribution in [2.75, 3.05) is 63.9 Å². The second-order valence-corrected chi connectivity index (χ2v) is 10.2. The van der Waals surface area contributed by atoms with Gasteiger partial charge in [0.1, 0.15) is 0 Å². The first-order chi connectivity index (χ1) is 14.9. The van der Waals surface area contributed by atoms with Crippen LogP contribution in [0.5, 0.6) is 0 Å². The van der Waals surface area contributed by atoms with Crippen molar-refractivity contribution in [2.24, 2.45) is 5.92 Å². The highest BCUT2D eigenvalue weighted by Crippen LogP contribution is 2.22. The Morgan fingerprint density at radius 1 is 1.23 bits per heavy atom. The van der Waals surface area contributed by atoms with Crippen LogP contribution in [0.1, 0.15) is 31.7 Å². The van der Waals surface area contributed by atoms with E-state index < -0.39 is 10.2 Å². The van der Waals surface area contributed by atoms with Crippen molar-refractivity contribution < 1.29 is 17.9 Å². The number of hydrogen-bond donors (Lipinski definition) is 1. The Hall–Kier alpha value is -1.68. The van der Waals surface area contributed by atoms with E-state index in [1.165, 1.54) is 19.9 Å². The molecule has 1 aromatic carbocycles. The van der Waals surface area contributed by atoms with E-state index in [0.29, 0.717) is 45.8 Å². The number of anilines is 1. The molecular formula is C22H36N4O4S. The Kier molecular flexibility index (Phi) is 8.71. The fourth-order valence-electron chi connectivity index (χ4n) is 4.23. The van der Waals surface area contributed by atoms with Gasteiger partial charge in [0.05, 0.1) is 19.1 Å². The molecule has 2 saturated heterocycles. The number of amides is 1. The van der Waals surface area contributed by atoms with Gasteiger partial charge in [0, 0.05) is 51.5 Å². The van der Waals surface area contributed by atoms with Crippen molar-refractivity contribution >= 4 is 21.8 Å². The molecular weight excluding hydrogens is 416 g/mol. The van der Waals surface area contributed by atoms with E-state index in [1.807, 2.05) is 0 Å². The summed E-state index contributed by atoms with van der Waals surface area (Å²) in [6, 6.07) is 8.44. The molecule has 1 amide bonds. The van der Waals surface area contributed by atoms with E-state index in [-0.39, 0.29) is 18.4 Å². The Morgan fingerprint density at radius 2 is 2.00 bits per heavy atom. The minimum atomic E-state index is -3.53. The molecule has 2 aliphatic rings. The Labute approximate surface area is 186 Å². The molecule has 1 aromatic rings. The number of ether oxygens (including phenoxy) is 1. The molecule has 2 aliphatic heterocycles. The van der Waals surface area contributed by atoms with E-state index in [1.54, 1.807) is 0 Å². The highest BCUT2D eigenvalue weighted by Gasteiger charge is 2.36. The summed E-state index contributed by atoms with van der Waals surface area (Å²) in [4.78, 5) is 15.0. The molecule has 1 N–H and O–H groups in total. The normalized spacial score (nSPS) is 21.0. The number of piperidine rings is 1. The molecule has 31 heavy (non-hydrogen) atoms. The van der Waals surface area contributed by atoms with Crippen LogP contribution in [0.25, 0.3) is 0 Å². The number of carbonyl (C=O) groups is 1. The molecule has 0 aromatic heterocycles. The molecule has 0 spiro atoms. The van der Waals surface area contributed by atoms with Gasteiger partial charge in [-0.2, -0.15) is 17.0 Å². The van der Waals surface area contributed by atoms with E-state index >= 15 is 0 Å². The Bertz CT molecular complexity index is 827. The summed E-state index contributed by atoms with van der Waals surface area (Å²) in [6.45, 7) is 8.93. The third-order valence-electron chi connectivity index (χ3n) is 6.03. The zero-order valence-corrected chi connectivity index (χ0v) is 19.6. The molecule has 3 rings (SSSR count). The van der Waals surface area contributed by atoms with Crippen molar-refractivity contribution in [2.45, 2.75) is 33.1 Å². The maximum atomic E-state index is 12.9. The van der Waals surface area contributed by atoms with Crippen LogP contribution in [-0.4, -0.2) is 82.0 Å². The number of morpholine rings is 1. The van der Waals surface area contributed by atoms with Crippen molar-refractivity contribution in [1.29, 1.82) is 0 Å². The van der Waals surface area contributed by atoms with E-state index in [9.17, 15) is 13.2 Å². The number of carbonyl (C=O) groups excluding carboxylic acids is 1. The van der Waals surface area contributed by atoms with Crippen LogP contribution in [-0.2, 0) is 19.7 Å². The quantitative estimate of drug-likeness (QED) is 0.576. The van der Waals surface area contributed by atoms with Crippen LogP contribution >= 0.6 is 0 Å². The molecule has 8 nitrogen and oxygen atoms in total. The third-order valence-corrected chi connectivity index (χ3v) is 8.03. The van der Waals surface area contributed by atoms with Crippen LogP contribution in [0.2, 0.25) is 0 Å². The minimum Gasteiger partial charge on any atom is -0.379 e. The lowest BCUT2D eigenvalue weighted by molar-refractivity contribution is -0.126. The first kappa shape index (κ1) is 24.0. The average molecular weight is 453 g/mol. The zero-order valence-electron chi connectivity index (χ0n) is 18.8. The Morgan fingerprint density at radius 3 is 2.71 bits per heavy atom. The van der Waals surface area contributed by atoms with Gasteiger partial charge in [0.2, 0.25) is 5.91 Å². The van der Waals surface area contributed by atoms with E-state index in [0.717, 1.165) is 25.9 Å². The minimum absolute atomic E-state index is 0.0412.